The Kier molecular flexibility index (Phi) is 68.7. The third kappa shape index (κ3) is 66.4. The van der Waals surface area contributed by atoms with Gasteiger partial charge in [-0.3, -0.25) is 4.79 Å². The van der Waals surface area contributed by atoms with E-state index in [0.717, 1.165) is 64.2 Å². The molecule has 3 N–H and O–H groups in total. The van der Waals surface area contributed by atoms with Crippen molar-refractivity contribution in [3.8, 4) is 0 Å². The second-order valence-corrected chi connectivity index (χ2v) is 24.3. The normalized spacial score (nSPS) is 13.2. The quantitative estimate of drug-likeness (QED) is 0.0420. The standard InChI is InChI=1S/C76H139NO3/c1-3-5-7-9-11-13-15-17-19-21-23-25-27-29-31-33-35-36-37-38-39-40-42-44-46-48-50-52-54-56-58-60-62-64-66-68-70-72-76(80)77-74(73-78)75(79)71-69-67-65-63-61-59-57-55-53-51-49-47-45-43-41-34-32-30-28-26-24-22-20-18-16-14-12-10-8-6-4-2/h5,7,11,13,17,19,23,25,29,31,61,63,69,71,74-75,78-79H,3-4,6,8-10,12,14-16,18,20-22,24,26-28,30,32-60,62,64-68,70,72-73H2,1-2H3,(H,77,80)/b7-5-,13-11-,19-17-,25-23-,31-29-,63-61+,71-69+. The number of hydrogen-bond donors (Lipinski definition) is 3. The summed E-state index contributed by atoms with van der Waals surface area (Å²) in [5.74, 6) is -0.0686. The van der Waals surface area contributed by atoms with E-state index in [1.165, 1.54) is 289 Å². The number of amides is 1. The van der Waals surface area contributed by atoms with Gasteiger partial charge in [0.25, 0.3) is 0 Å². The van der Waals surface area contributed by atoms with Crippen molar-refractivity contribution in [1.29, 1.82) is 0 Å². The second-order valence-electron chi connectivity index (χ2n) is 24.3. The van der Waals surface area contributed by atoms with Crippen LogP contribution in [0.5, 0.6) is 0 Å². The smallest absolute Gasteiger partial charge is 0.220 e. The molecule has 4 nitrogen and oxygen atoms in total. The average molecular weight is 1110 g/mol. The molecule has 0 radical (unpaired) electrons. The van der Waals surface area contributed by atoms with Gasteiger partial charge in [-0.15, -0.1) is 0 Å². The molecule has 1 amide bonds. The van der Waals surface area contributed by atoms with Gasteiger partial charge in [-0.25, -0.2) is 0 Å². The first-order chi connectivity index (χ1) is 39.7. The number of rotatable bonds is 66. The Hall–Kier alpha value is -2.43. The molecule has 0 fully saturated rings. The van der Waals surface area contributed by atoms with Crippen molar-refractivity contribution < 1.29 is 15.0 Å². The molecule has 0 aromatic rings. The van der Waals surface area contributed by atoms with Crippen LogP contribution in [0.3, 0.4) is 0 Å². The lowest BCUT2D eigenvalue weighted by Crippen LogP contribution is -2.45. The number of aliphatic hydroxyl groups excluding tert-OH is 2. The first-order valence-electron chi connectivity index (χ1n) is 35.8. The van der Waals surface area contributed by atoms with Crippen molar-refractivity contribution in [2.45, 2.75) is 386 Å². The van der Waals surface area contributed by atoms with Crippen LogP contribution in [0.25, 0.3) is 0 Å². The summed E-state index contributed by atoms with van der Waals surface area (Å²) in [5.41, 5.74) is 0. The molecule has 0 aromatic carbocycles. The zero-order chi connectivity index (χ0) is 57.6. The van der Waals surface area contributed by atoms with Crippen LogP contribution in [0.2, 0.25) is 0 Å². The maximum Gasteiger partial charge on any atom is 0.220 e. The Morgan fingerprint density at radius 1 is 0.312 bits per heavy atom. The average Bonchev–Trinajstić information content (AvgIpc) is 3.46. The van der Waals surface area contributed by atoms with E-state index in [2.05, 4.69) is 92.1 Å². The molecule has 0 heterocycles. The molecular weight excluding hydrogens is 975 g/mol. The summed E-state index contributed by atoms with van der Waals surface area (Å²) in [5, 5.41) is 23.3. The molecule has 0 aromatic heterocycles. The van der Waals surface area contributed by atoms with Crippen molar-refractivity contribution in [1.82, 2.24) is 5.32 Å². The topological polar surface area (TPSA) is 69.6 Å². The summed E-state index contributed by atoms with van der Waals surface area (Å²) >= 11 is 0. The SMILES string of the molecule is CC/C=C\C/C=C\C/C=C\C/C=C\C/C=C\CCCCCCCCCCCCCCCCCCCCCCCC(=O)NC(CO)C(O)/C=C/CC/C=C/CCCCCCCCCCCCCCCCCCCCCCCCCCC. The van der Waals surface area contributed by atoms with E-state index in [4.69, 9.17) is 0 Å². The zero-order valence-electron chi connectivity index (χ0n) is 53.8. The molecule has 0 aliphatic heterocycles. The number of carbonyl (C=O) groups is 1. The van der Waals surface area contributed by atoms with Crippen LogP contribution in [-0.2, 0) is 4.79 Å². The van der Waals surface area contributed by atoms with Gasteiger partial charge in [0.05, 0.1) is 18.8 Å². The third-order valence-electron chi connectivity index (χ3n) is 16.4. The predicted octanol–water partition coefficient (Wildman–Crippen LogP) is 24.6. The number of unbranched alkanes of at least 4 members (excludes halogenated alkanes) is 47. The van der Waals surface area contributed by atoms with Crippen molar-refractivity contribution >= 4 is 5.91 Å². The lowest BCUT2D eigenvalue weighted by atomic mass is 10.0. The van der Waals surface area contributed by atoms with E-state index in [-0.39, 0.29) is 12.5 Å². The minimum Gasteiger partial charge on any atom is -0.394 e. The van der Waals surface area contributed by atoms with Crippen molar-refractivity contribution in [2.24, 2.45) is 0 Å². The fourth-order valence-electron chi connectivity index (χ4n) is 11.0. The van der Waals surface area contributed by atoms with E-state index in [1.54, 1.807) is 6.08 Å². The summed E-state index contributed by atoms with van der Waals surface area (Å²) in [6.07, 6.45) is 104. The zero-order valence-corrected chi connectivity index (χ0v) is 53.8. The number of carbonyl (C=O) groups excluding carboxylic acids is 1. The molecule has 2 unspecified atom stereocenters. The molecule has 0 spiro atoms. The highest BCUT2D eigenvalue weighted by Crippen LogP contribution is 2.19. The van der Waals surface area contributed by atoms with E-state index in [0.29, 0.717) is 6.42 Å². The number of allylic oxidation sites excluding steroid dienone is 13. The van der Waals surface area contributed by atoms with Crippen molar-refractivity contribution in [3.63, 3.8) is 0 Å². The third-order valence-corrected chi connectivity index (χ3v) is 16.4. The monoisotopic (exact) mass is 1110 g/mol. The van der Waals surface area contributed by atoms with Gasteiger partial charge in [-0.2, -0.15) is 0 Å². The van der Waals surface area contributed by atoms with Crippen molar-refractivity contribution in [3.05, 3.63) is 85.1 Å². The predicted molar refractivity (Wildman–Crippen MR) is 359 cm³/mol. The van der Waals surface area contributed by atoms with Crippen molar-refractivity contribution in [2.75, 3.05) is 6.61 Å². The summed E-state index contributed by atoms with van der Waals surface area (Å²) in [4.78, 5) is 12.5. The van der Waals surface area contributed by atoms with Gasteiger partial charge in [-0.1, -0.05) is 375 Å². The number of nitrogens with one attached hydrogen (secondary N) is 1. The molecule has 0 bridgehead atoms. The Labute approximate surface area is 501 Å². The van der Waals surface area contributed by atoms with Crippen LogP contribution in [0.4, 0.5) is 0 Å². The van der Waals surface area contributed by atoms with Gasteiger partial charge >= 0.3 is 0 Å². The van der Waals surface area contributed by atoms with Gasteiger partial charge in [0.2, 0.25) is 5.91 Å². The van der Waals surface area contributed by atoms with Crippen LogP contribution < -0.4 is 5.32 Å². The Balaban J connectivity index is 3.46. The Morgan fingerprint density at radius 3 is 0.875 bits per heavy atom. The maximum absolute atomic E-state index is 12.5. The fourth-order valence-corrected chi connectivity index (χ4v) is 11.0. The van der Waals surface area contributed by atoms with Gasteiger partial charge in [-0.05, 0) is 77.0 Å². The van der Waals surface area contributed by atoms with Gasteiger partial charge < -0.3 is 15.5 Å². The van der Waals surface area contributed by atoms with Crippen LogP contribution >= 0.6 is 0 Å². The molecule has 0 aliphatic rings. The van der Waals surface area contributed by atoms with Crippen LogP contribution in [0, 0.1) is 0 Å². The molecule has 0 saturated heterocycles. The molecular formula is C76H139NO3. The molecule has 4 heteroatoms. The van der Waals surface area contributed by atoms with E-state index in [9.17, 15) is 15.0 Å². The lowest BCUT2D eigenvalue weighted by Gasteiger charge is -2.19. The first-order valence-corrected chi connectivity index (χ1v) is 35.8. The van der Waals surface area contributed by atoms with E-state index >= 15 is 0 Å². The summed E-state index contributed by atoms with van der Waals surface area (Å²) < 4.78 is 0. The van der Waals surface area contributed by atoms with Gasteiger partial charge in [0.15, 0.2) is 0 Å². The molecule has 0 saturated carbocycles. The molecule has 466 valence electrons. The summed E-state index contributed by atoms with van der Waals surface area (Å²) in [6, 6.07) is -0.643. The molecule has 0 aliphatic carbocycles. The molecule has 0 rings (SSSR count). The number of hydrogen-bond acceptors (Lipinski definition) is 3. The molecule has 2 atom stereocenters. The summed E-state index contributed by atoms with van der Waals surface area (Å²) in [7, 11) is 0. The highest BCUT2D eigenvalue weighted by atomic mass is 16.3. The van der Waals surface area contributed by atoms with Gasteiger partial charge in [0.1, 0.15) is 0 Å². The Morgan fingerprint density at radius 2 is 0.562 bits per heavy atom. The minimum absolute atomic E-state index is 0.0686. The van der Waals surface area contributed by atoms with E-state index in [1.807, 2.05) is 6.08 Å². The maximum atomic E-state index is 12.5. The highest BCUT2D eigenvalue weighted by molar-refractivity contribution is 5.76. The summed E-state index contributed by atoms with van der Waals surface area (Å²) in [6.45, 7) is 4.22. The van der Waals surface area contributed by atoms with Crippen LogP contribution in [0.1, 0.15) is 373 Å². The highest BCUT2D eigenvalue weighted by Gasteiger charge is 2.18. The van der Waals surface area contributed by atoms with E-state index < -0.39 is 12.1 Å². The van der Waals surface area contributed by atoms with Crippen LogP contribution in [0.15, 0.2) is 85.1 Å². The number of aliphatic hydroxyl groups is 2. The van der Waals surface area contributed by atoms with Crippen LogP contribution in [-0.4, -0.2) is 34.9 Å². The Bertz CT molecular complexity index is 1400. The minimum atomic E-state index is -0.866. The van der Waals surface area contributed by atoms with Gasteiger partial charge in [0, 0.05) is 6.42 Å². The second kappa shape index (κ2) is 70.8. The largest absolute Gasteiger partial charge is 0.394 e. The lowest BCUT2D eigenvalue weighted by molar-refractivity contribution is -0.123. The molecule has 80 heavy (non-hydrogen) atoms. The first kappa shape index (κ1) is 77.6. The fraction of sp³-hybridized carbons (Fsp3) is 0.803.